The Kier molecular flexibility index (Phi) is 5.82. The molecule has 0 amide bonds. The molecule has 0 radical (unpaired) electrons. The zero-order valence-electron chi connectivity index (χ0n) is 19.2. The van der Waals surface area contributed by atoms with Gasteiger partial charge in [-0.25, -0.2) is 4.68 Å². The lowest BCUT2D eigenvalue weighted by molar-refractivity contribution is 0.0889. The summed E-state index contributed by atoms with van der Waals surface area (Å²) in [5.74, 6) is 1.29. The molecule has 2 saturated heterocycles. The van der Waals surface area contributed by atoms with E-state index in [0.29, 0.717) is 18.0 Å². The highest BCUT2D eigenvalue weighted by Crippen LogP contribution is 2.31. The summed E-state index contributed by atoms with van der Waals surface area (Å²) < 4.78 is 7.69. The largest absolute Gasteiger partial charge is 0.376 e. The molecule has 2 fully saturated rings. The summed E-state index contributed by atoms with van der Waals surface area (Å²) in [5, 5.41) is 13.8. The van der Waals surface area contributed by atoms with Crippen molar-refractivity contribution in [3.8, 4) is 0 Å². The fraction of sp³-hybridized carbons (Fsp3) is 0.583. The molecule has 3 unspecified atom stereocenters. The summed E-state index contributed by atoms with van der Waals surface area (Å²) in [5.41, 5.74) is 3.88. The van der Waals surface area contributed by atoms with E-state index < -0.39 is 0 Å². The van der Waals surface area contributed by atoms with E-state index >= 15 is 0 Å². The lowest BCUT2D eigenvalue weighted by atomic mass is 9.95. The monoisotopic (exact) mass is 436 g/mol. The molecule has 5 rings (SSSR count). The van der Waals surface area contributed by atoms with Crippen LogP contribution in [0.15, 0.2) is 23.0 Å². The Labute approximate surface area is 188 Å². The molecule has 4 heterocycles. The number of benzene rings is 1. The zero-order valence-corrected chi connectivity index (χ0v) is 19.2. The highest BCUT2D eigenvalue weighted by Gasteiger charge is 2.33. The van der Waals surface area contributed by atoms with Crippen molar-refractivity contribution >= 4 is 10.9 Å². The SMILES string of the molecule is Cc1cc2cc(C(c3nnnn3CC3CCCO3)N3CCCC(C)C3)c(=O)[nH]c2cc1C. The molecular formula is C24H32N6O2. The fourth-order valence-corrected chi connectivity index (χ4v) is 5.17. The number of H-pyrrole nitrogens is 1. The third-order valence-electron chi connectivity index (χ3n) is 7.04. The maximum atomic E-state index is 13.4. The molecule has 3 aromatic rings. The number of likely N-dealkylation sites (tertiary alicyclic amines) is 1. The topological polar surface area (TPSA) is 88.9 Å². The van der Waals surface area contributed by atoms with Crippen LogP contribution in [0.2, 0.25) is 0 Å². The van der Waals surface area contributed by atoms with E-state index in [0.717, 1.165) is 55.7 Å². The van der Waals surface area contributed by atoms with Crippen molar-refractivity contribution in [3.63, 3.8) is 0 Å². The van der Waals surface area contributed by atoms with Gasteiger partial charge in [0.2, 0.25) is 0 Å². The first-order valence-electron chi connectivity index (χ1n) is 11.8. The minimum Gasteiger partial charge on any atom is -0.376 e. The van der Waals surface area contributed by atoms with Crippen LogP contribution in [0.4, 0.5) is 0 Å². The van der Waals surface area contributed by atoms with Gasteiger partial charge in [0.25, 0.3) is 5.56 Å². The highest BCUT2D eigenvalue weighted by molar-refractivity contribution is 5.81. The molecule has 0 aliphatic carbocycles. The molecule has 170 valence electrons. The molecule has 2 aromatic heterocycles. The van der Waals surface area contributed by atoms with Crippen molar-refractivity contribution in [1.29, 1.82) is 0 Å². The van der Waals surface area contributed by atoms with Crippen LogP contribution in [0, 0.1) is 19.8 Å². The van der Waals surface area contributed by atoms with E-state index in [-0.39, 0.29) is 17.7 Å². The van der Waals surface area contributed by atoms with Gasteiger partial charge in [0.05, 0.1) is 12.6 Å². The van der Waals surface area contributed by atoms with E-state index in [1.807, 2.05) is 10.7 Å². The molecule has 0 saturated carbocycles. The number of hydrogen-bond acceptors (Lipinski definition) is 6. The molecule has 8 nitrogen and oxygen atoms in total. The standard InChI is InChI=1S/C24H32N6O2/c1-15-6-4-8-29(13-15)22(23-26-27-28-30(23)14-19-7-5-9-32-19)20-12-18-10-16(2)17(3)11-21(18)25-24(20)31/h10-12,15,19,22H,4-9,13-14H2,1-3H3,(H,25,31). The van der Waals surface area contributed by atoms with Gasteiger partial charge in [0.15, 0.2) is 5.82 Å². The van der Waals surface area contributed by atoms with Gasteiger partial charge in [-0.3, -0.25) is 9.69 Å². The van der Waals surface area contributed by atoms with Crippen molar-refractivity contribution in [2.45, 2.75) is 65.1 Å². The van der Waals surface area contributed by atoms with Crippen LogP contribution in [0.5, 0.6) is 0 Å². The van der Waals surface area contributed by atoms with Gasteiger partial charge >= 0.3 is 0 Å². The zero-order chi connectivity index (χ0) is 22.2. The number of pyridine rings is 1. The molecule has 2 aliphatic rings. The van der Waals surface area contributed by atoms with Crippen LogP contribution in [0.1, 0.15) is 61.2 Å². The number of ether oxygens (including phenoxy) is 1. The summed E-state index contributed by atoms with van der Waals surface area (Å²) in [4.78, 5) is 18.9. The van der Waals surface area contributed by atoms with Crippen LogP contribution >= 0.6 is 0 Å². The second-order valence-corrected chi connectivity index (χ2v) is 9.58. The van der Waals surface area contributed by atoms with Crippen molar-refractivity contribution in [2.75, 3.05) is 19.7 Å². The quantitative estimate of drug-likeness (QED) is 0.661. The Morgan fingerprint density at radius 1 is 1.19 bits per heavy atom. The van der Waals surface area contributed by atoms with Gasteiger partial charge in [0.1, 0.15) is 6.04 Å². The molecule has 2 aliphatic heterocycles. The van der Waals surface area contributed by atoms with E-state index in [1.165, 1.54) is 17.5 Å². The average molecular weight is 437 g/mol. The molecule has 1 aromatic carbocycles. The third-order valence-corrected chi connectivity index (χ3v) is 7.04. The normalized spacial score (nSPS) is 23.1. The van der Waals surface area contributed by atoms with Gasteiger partial charge in [-0.05, 0) is 97.1 Å². The summed E-state index contributed by atoms with van der Waals surface area (Å²) >= 11 is 0. The van der Waals surface area contributed by atoms with Gasteiger partial charge in [-0.1, -0.05) is 6.92 Å². The number of aromatic amines is 1. The Bertz CT molecular complexity index is 1160. The number of rotatable bonds is 5. The summed E-state index contributed by atoms with van der Waals surface area (Å²) in [6.07, 6.45) is 4.52. The maximum absolute atomic E-state index is 13.4. The Hall–Kier alpha value is -2.58. The predicted molar refractivity (Wildman–Crippen MR) is 123 cm³/mol. The Morgan fingerprint density at radius 3 is 2.81 bits per heavy atom. The fourth-order valence-electron chi connectivity index (χ4n) is 5.17. The molecule has 3 atom stereocenters. The van der Waals surface area contributed by atoms with Gasteiger partial charge in [-0.2, -0.15) is 0 Å². The lowest BCUT2D eigenvalue weighted by Crippen LogP contribution is -2.41. The minimum absolute atomic E-state index is 0.0735. The number of piperidine rings is 1. The van der Waals surface area contributed by atoms with E-state index in [1.54, 1.807) is 0 Å². The second kappa shape index (κ2) is 8.75. The Morgan fingerprint density at radius 2 is 2.03 bits per heavy atom. The number of fused-ring (bicyclic) bond motifs is 1. The van der Waals surface area contributed by atoms with E-state index in [4.69, 9.17) is 4.74 Å². The molecule has 0 spiro atoms. The van der Waals surface area contributed by atoms with Crippen LogP contribution < -0.4 is 5.56 Å². The van der Waals surface area contributed by atoms with E-state index in [9.17, 15) is 4.79 Å². The first-order valence-corrected chi connectivity index (χ1v) is 11.8. The van der Waals surface area contributed by atoms with Crippen molar-refractivity contribution < 1.29 is 4.74 Å². The number of nitrogens with one attached hydrogen (secondary N) is 1. The van der Waals surface area contributed by atoms with Gasteiger partial charge < -0.3 is 9.72 Å². The molecule has 0 bridgehead atoms. The molecule has 8 heteroatoms. The summed E-state index contributed by atoms with van der Waals surface area (Å²) in [6, 6.07) is 5.95. The smallest absolute Gasteiger partial charge is 0.253 e. The maximum Gasteiger partial charge on any atom is 0.253 e. The summed E-state index contributed by atoms with van der Waals surface area (Å²) in [7, 11) is 0. The molecule has 32 heavy (non-hydrogen) atoms. The Balaban J connectivity index is 1.61. The third kappa shape index (κ3) is 4.09. The number of hydrogen-bond donors (Lipinski definition) is 1. The average Bonchev–Trinajstić information content (AvgIpc) is 3.43. The number of tetrazole rings is 1. The second-order valence-electron chi connectivity index (χ2n) is 9.58. The first kappa shape index (κ1) is 21.3. The van der Waals surface area contributed by atoms with Crippen LogP contribution in [0.25, 0.3) is 10.9 Å². The predicted octanol–water partition coefficient (Wildman–Crippen LogP) is 3.13. The molecule has 1 N–H and O–H groups in total. The first-order chi connectivity index (χ1) is 15.5. The number of nitrogens with zero attached hydrogens (tertiary/aromatic N) is 5. The van der Waals surface area contributed by atoms with Crippen LogP contribution in [0.3, 0.4) is 0 Å². The van der Waals surface area contributed by atoms with Crippen molar-refractivity contribution in [1.82, 2.24) is 30.1 Å². The lowest BCUT2D eigenvalue weighted by Gasteiger charge is -2.36. The van der Waals surface area contributed by atoms with Gasteiger partial charge in [0, 0.05) is 24.2 Å². The number of aryl methyl sites for hydroxylation is 2. The molecular weight excluding hydrogens is 404 g/mol. The number of aromatic nitrogens is 5. The van der Waals surface area contributed by atoms with Gasteiger partial charge in [-0.15, -0.1) is 5.10 Å². The minimum atomic E-state index is -0.288. The van der Waals surface area contributed by atoms with Crippen LogP contribution in [-0.4, -0.2) is 55.9 Å². The summed E-state index contributed by atoms with van der Waals surface area (Å²) in [6.45, 7) is 9.69. The highest BCUT2D eigenvalue weighted by atomic mass is 16.5. The van der Waals surface area contributed by atoms with E-state index in [2.05, 4.69) is 58.3 Å². The van der Waals surface area contributed by atoms with Crippen LogP contribution in [-0.2, 0) is 11.3 Å². The van der Waals surface area contributed by atoms with Crippen molar-refractivity contribution in [3.05, 3.63) is 51.1 Å². The van der Waals surface area contributed by atoms with Crippen molar-refractivity contribution in [2.24, 2.45) is 5.92 Å².